The standard InChI is InChI=1S/C14H19NO9S2/c16-7-9-11(17)12(18)13(19)14(23-9)25-10(15-24-26(20,21)22)6-8-4-2-1-3-5-8/h1-5,9,11-14,16-19H,6-7H2,(H,20,21,22)/b15-10-/t9-,11+,12+,13+,14+/m0/s1. The Morgan fingerprint density at radius 3 is 2.38 bits per heavy atom. The van der Waals surface area contributed by atoms with Gasteiger partial charge in [0.1, 0.15) is 34.9 Å². The third-order valence-electron chi connectivity index (χ3n) is 3.53. The molecule has 146 valence electrons. The van der Waals surface area contributed by atoms with Crippen LogP contribution in [-0.4, -0.2) is 74.9 Å². The smallest absolute Gasteiger partial charge is 0.394 e. The molecule has 1 aliphatic heterocycles. The van der Waals surface area contributed by atoms with Gasteiger partial charge in [-0.25, -0.2) is 4.28 Å². The van der Waals surface area contributed by atoms with Crippen molar-refractivity contribution < 1.29 is 42.4 Å². The number of ether oxygens (including phenoxy) is 1. The number of oxime groups is 1. The first kappa shape index (κ1) is 21.1. The van der Waals surface area contributed by atoms with Crippen molar-refractivity contribution in [1.29, 1.82) is 0 Å². The first-order valence-electron chi connectivity index (χ1n) is 7.45. The van der Waals surface area contributed by atoms with Crippen molar-refractivity contribution in [2.24, 2.45) is 5.16 Å². The van der Waals surface area contributed by atoms with Gasteiger partial charge < -0.3 is 25.2 Å². The molecule has 1 fully saturated rings. The average Bonchev–Trinajstić information content (AvgIpc) is 2.60. The molecule has 1 saturated heterocycles. The Morgan fingerprint density at radius 2 is 1.81 bits per heavy atom. The first-order chi connectivity index (χ1) is 12.2. The van der Waals surface area contributed by atoms with Crippen LogP contribution in [0.4, 0.5) is 0 Å². The quantitative estimate of drug-likeness (QED) is 0.168. The summed E-state index contributed by atoms with van der Waals surface area (Å²) in [5, 5.41) is 42.2. The normalized spacial score (nSPS) is 30.2. The van der Waals surface area contributed by atoms with Crippen molar-refractivity contribution in [2.75, 3.05) is 6.61 Å². The van der Waals surface area contributed by atoms with Crippen LogP contribution in [0, 0.1) is 0 Å². The Morgan fingerprint density at radius 1 is 1.15 bits per heavy atom. The number of thioether (sulfide) groups is 1. The largest absolute Gasteiger partial charge is 0.466 e. The van der Waals surface area contributed by atoms with Gasteiger partial charge in [0.15, 0.2) is 0 Å². The summed E-state index contributed by atoms with van der Waals surface area (Å²) in [6.45, 7) is -0.602. The molecule has 0 amide bonds. The zero-order valence-corrected chi connectivity index (χ0v) is 15.0. The lowest BCUT2D eigenvalue weighted by atomic mass is 10.0. The van der Waals surface area contributed by atoms with E-state index in [0.717, 1.165) is 17.3 Å². The summed E-state index contributed by atoms with van der Waals surface area (Å²) in [6.07, 6.45) is -5.68. The number of aliphatic hydroxyl groups is 4. The SMILES string of the molecule is O=S(=O)(O)O/N=C(/Cc1ccccc1)S[C@H]1O[C@@H](CO)[C@@H](O)[C@@H](O)[C@H]1O. The van der Waals surface area contributed by atoms with Crippen LogP contribution in [0.3, 0.4) is 0 Å². The number of hydrogen-bond acceptors (Lipinski definition) is 10. The van der Waals surface area contributed by atoms with Gasteiger partial charge in [0, 0.05) is 6.42 Å². The Hall–Kier alpha value is -1.25. The Labute approximate surface area is 154 Å². The minimum atomic E-state index is -4.83. The molecule has 5 N–H and O–H groups in total. The molecule has 26 heavy (non-hydrogen) atoms. The maximum Gasteiger partial charge on any atom is 0.466 e. The van der Waals surface area contributed by atoms with Crippen LogP contribution in [0.2, 0.25) is 0 Å². The minimum Gasteiger partial charge on any atom is -0.394 e. The molecule has 0 aliphatic carbocycles. The van der Waals surface area contributed by atoms with E-state index in [0.29, 0.717) is 0 Å². The fourth-order valence-corrected chi connectivity index (χ4v) is 3.58. The third-order valence-corrected chi connectivity index (χ3v) is 4.91. The highest BCUT2D eigenvalue weighted by molar-refractivity contribution is 8.14. The second-order valence-corrected chi connectivity index (χ2v) is 7.64. The Kier molecular flexibility index (Phi) is 7.37. The third kappa shape index (κ3) is 5.89. The predicted octanol–water partition coefficient (Wildman–Crippen LogP) is -1.10. The summed E-state index contributed by atoms with van der Waals surface area (Å²) in [6, 6.07) is 8.73. The Bertz CT molecular complexity index is 710. The van der Waals surface area contributed by atoms with Gasteiger partial charge in [-0.15, -0.1) is 0 Å². The molecular weight excluding hydrogens is 390 g/mol. The molecule has 0 aromatic heterocycles. The van der Waals surface area contributed by atoms with Crippen LogP contribution in [0.5, 0.6) is 0 Å². The van der Waals surface area contributed by atoms with Crippen molar-refractivity contribution in [2.45, 2.75) is 36.3 Å². The van der Waals surface area contributed by atoms with Gasteiger partial charge in [0.25, 0.3) is 0 Å². The summed E-state index contributed by atoms with van der Waals surface area (Å²) in [4.78, 5) is 0. The number of aliphatic hydroxyl groups excluding tert-OH is 4. The number of rotatable bonds is 6. The molecule has 10 nitrogen and oxygen atoms in total. The summed E-state index contributed by atoms with van der Waals surface area (Å²) >= 11 is 0.729. The zero-order chi connectivity index (χ0) is 19.3. The van der Waals surface area contributed by atoms with Crippen molar-refractivity contribution >= 4 is 27.2 Å². The van der Waals surface area contributed by atoms with Gasteiger partial charge in [-0.2, -0.15) is 8.42 Å². The molecule has 2 rings (SSSR count). The van der Waals surface area contributed by atoms with Gasteiger partial charge >= 0.3 is 10.4 Å². The van der Waals surface area contributed by atoms with Gasteiger partial charge in [0.05, 0.1) is 6.61 Å². The molecule has 1 aromatic rings. The molecule has 5 atom stereocenters. The fourth-order valence-electron chi connectivity index (χ4n) is 2.25. The van der Waals surface area contributed by atoms with E-state index in [2.05, 4.69) is 9.44 Å². The summed E-state index contributed by atoms with van der Waals surface area (Å²) < 4.78 is 39.6. The van der Waals surface area contributed by atoms with Crippen LogP contribution in [0.1, 0.15) is 5.56 Å². The van der Waals surface area contributed by atoms with Gasteiger partial charge in [-0.3, -0.25) is 4.55 Å². The van der Waals surface area contributed by atoms with Gasteiger partial charge in [-0.05, 0) is 5.56 Å². The summed E-state index contributed by atoms with van der Waals surface area (Å²) in [5.74, 6) is 0. The van der Waals surface area contributed by atoms with E-state index in [1.807, 2.05) is 0 Å². The van der Waals surface area contributed by atoms with E-state index in [-0.39, 0.29) is 11.5 Å². The van der Waals surface area contributed by atoms with Crippen molar-refractivity contribution in [3.05, 3.63) is 35.9 Å². The highest BCUT2D eigenvalue weighted by atomic mass is 32.3. The van der Waals surface area contributed by atoms with Crippen molar-refractivity contribution in [3.8, 4) is 0 Å². The monoisotopic (exact) mass is 409 g/mol. The maximum atomic E-state index is 10.8. The topological polar surface area (TPSA) is 166 Å². The predicted molar refractivity (Wildman–Crippen MR) is 91.6 cm³/mol. The van der Waals surface area contributed by atoms with Gasteiger partial charge in [-0.1, -0.05) is 47.2 Å². The van der Waals surface area contributed by atoms with E-state index in [1.165, 1.54) is 0 Å². The van der Waals surface area contributed by atoms with E-state index in [9.17, 15) is 28.8 Å². The molecule has 1 aromatic carbocycles. The number of hydrogen-bond donors (Lipinski definition) is 5. The molecule has 0 spiro atoms. The highest BCUT2D eigenvalue weighted by Crippen LogP contribution is 2.30. The second kappa shape index (κ2) is 9.10. The van der Waals surface area contributed by atoms with Crippen LogP contribution in [-0.2, 0) is 25.8 Å². The molecular formula is C14H19NO9S2. The first-order valence-corrected chi connectivity index (χ1v) is 9.69. The molecule has 0 saturated carbocycles. The van der Waals surface area contributed by atoms with E-state index < -0.39 is 46.9 Å². The lowest BCUT2D eigenvalue weighted by molar-refractivity contribution is -0.205. The van der Waals surface area contributed by atoms with Crippen molar-refractivity contribution in [1.82, 2.24) is 0 Å². The van der Waals surface area contributed by atoms with Gasteiger partial charge in [0.2, 0.25) is 0 Å². The van der Waals surface area contributed by atoms with Crippen LogP contribution in [0.25, 0.3) is 0 Å². The van der Waals surface area contributed by atoms with Crippen LogP contribution < -0.4 is 0 Å². The minimum absolute atomic E-state index is 0.0122. The average molecular weight is 409 g/mol. The van der Waals surface area contributed by atoms with E-state index in [1.54, 1.807) is 30.3 Å². The van der Waals surface area contributed by atoms with E-state index in [4.69, 9.17) is 9.29 Å². The van der Waals surface area contributed by atoms with Crippen molar-refractivity contribution in [3.63, 3.8) is 0 Å². The number of nitrogens with zero attached hydrogens (tertiary/aromatic N) is 1. The van der Waals surface area contributed by atoms with Crippen LogP contribution >= 0.6 is 11.8 Å². The molecule has 0 unspecified atom stereocenters. The van der Waals surface area contributed by atoms with Crippen LogP contribution in [0.15, 0.2) is 35.5 Å². The summed E-state index contributed by atoms with van der Waals surface area (Å²) in [7, 11) is -4.83. The molecule has 12 heteroatoms. The molecule has 1 heterocycles. The summed E-state index contributed by atoms with van der Waals surface area (Å²) in [5.41, 5.74) is -0.444. The zero-order valence-electron chi connectivity index (χ0n) is 13.3. The second-order valence-electron chi connectivity index (χ2n) is 5.46. The lowest BCUT2D eigenvalue weighted by Gasteiger charge is -2.39. The Balaban J connectivity index is 2.19. The molecule has 0 bridgehead atoms. The fraction of sp³-hybridized carbons (Fsp3) is 0.500. The highest BCUT2D eigenvalue weighted by Gasteiger charge is 2.44. The lowest BCUT2D eigenvalue weighted by Crippen LogP contribution is -2.57. The number of benzene rings is 1. The molecule has 0 radical (unpaired) electrons. The van der Waals surface area contributed by atoms with E-state index >= 15 is 0 Å². The molecule has 1 aliphatic rings. The maximum absolute atomic E-state index is 10.8.